The molecule has 5 nitrogen and oxygen atoms in total. The molecule has 2 fully saturated rings. The first kappa shape index (κ1) is 10.3. The van der Waals surface area contributed by atoms with E-state index in [1.54, 1.807) is 6.26 Å². The number of hydrogen-bond acceptors (Lipinski definition) is 5. The number of fused-ring (bicyclic) bond motifs is 3. The summed E-state index contributed by atoms with van der Waals surface area (Å²) in [7, 11) is 0. The van der Waals surface area contributed by atoms with Crippen LogP contribution >= 0.6 is 0 Å². The summed E-state index contributed by atoms with van der Waals surface area (Å²) in [5.74, 6) is 0. The molecule has 2 atom stereocenters. The molecule has 5 heteroatoms. The number of morpholine rings is 2. The number of anilines is 1. The van der Waals surface area contributed by atoms with E-state index in [1.807, 2.05) is 12.3 Å². The topological polar surface area (TPSA) is 50.5 Å². The van der Waals surface area contributed by atoms with Gasteiger partial charge in [0, 0.05) is 31.6 Å². The molecule has 0 amide bonds. The predicted molar refractivity (Wildman–Crippen MR) is 67.8 cm³/mol. The second kappa shape index (κ2) is 3.96. The molecule has 0 saturated carbocycles. The van der Waals surface area contributed by atoms with E-state index < -0.39 is 0 Å². The molecule has 2 aliphatic rings. The van der Waals surface area contributed by atoms with Gasteiger partial charge in [0.25, 0.3) is 0 Å². The lowest BCUT2D eigenvalue weighted by molar-refractivity contribution is -0.0484. The molecule has 4 heterocycles. The SMILES string of the molecule is c1cc2cc(N3CC4CNCC(C3)O4)cnc2o1. The Bertz CT molecular complexity index is 556. The summed E-state index contributed by atoms with van der Waals surface area (Å²) >= 11 is 0. The zero-order chi connectivity index (χ0) is 11.9. The highest BCUT2D eigenvalue weighted by Gasteiger charge is 2.31. The fraction of sp³-hybridized carbons (Fsp3) is 0.462. The van der Waals surface area contributed by atoms with Crippen molar-refractivity contribution in [1.29, 1.82) is 0 Å². The standard InChI is InChI=1S/C13H15N3O2/c1-2-17-13-9(1)3-10(4-15-13)16-7-11-5-14-6-12(8-16)18-11/h1-4,11-12,14H,5-8H2. The second-order valence-corrected chi connectivity index (χ2v) is 4.95. The first-order chi connectivity index (χ1) is 8.88. The normalized spacial score (nSPS) is 27.7. The van der Waals surface area contributed by atoms with Crippen LogP contribution in [0.15, 0.2) is 29.0 Å². The largest absolute Gasteiger partial charge is 0.446 e. The van der Waals surface area contributed by atoms with Gasteiger partial charge in [-0.05, 0) is 12.1 Å². The number of pyridine rings is 1. The van der Waals surface area contributed by atoms with Gasteiger partial charge in [-0.25, -0.2) is 4.98 Å². The van der Waals surface area contributed by atoms with Gasteiger partial charge in [0.1, 0.15) is 0 Å². The van der Waals surface area contributed by atoms with Gasteiger partial charge in [-0.15, -0.1) is 0 Å². The number of aromatic nitrogens is 1. The van der Waals surface area contributed by atoms with Crippen molar-refractivity contribution in [2.45, 2.75) is 12.2 Å². The van der Waals surface area contributed by atoms with Gasteiger partial charge in [0.2, 0.25) is 5.71 Å². The Labute approximate surface area is 105 Å². The summed E-state index contributed by atoms with van der Waals surface area (Å²) in [5, 5.41) is 4.46. The quantitative estimate of drug-likeness (QED) is 0.812. The summed E-state index contributed by atoms with van der Waals surface area (Å²) in [6.45, 7) is 3.73. The Morgan fingerprint density at radius 3 is 2.94 bits per heavy atom. The van der Waals surface area contributed by atoms with Gasteiger partial charge in [-0.1, -0.05) is 0 Å². The van der Waals surface area contributed by atoms with E-state index in [-0.39, 0.29) is 12.2 Å². The minimum atomic E-state index is 0.289. The average Bonchev–Trinajstić information content (AvgIpc) is 2.85. The van der Waals surface area contributed by atoms with Crippen LogP contribution in [0, 0.1) is 0 Å². The van der Waals surface area contributed by atoms with Crippen molar-refractivity contribution < 1.29 is 9.15 Å². The Kier molecular flexibility index (Phi) is 2.28. The van der Waals surface area contributed by atoms with Crippen molar-refractivity contribution >= 4 is 16.8 Å². The van der Waals surface area contributed by atoms with E-state index >= 15 is 0 Å². The smallest absolute Gasteiger partial charge is 0.225 e. The van der Waals surface area contributed by atoms with Gasteiger partial charge >= 0.3 is 0 Å². The van der Waals surface area contributed by atoms with Crippen molar-refractivity contribution in [3.8, 4) is 0 Å². The van der Waals surface area contributed by atoms with Crippen LogP contribution < -0.4 is 10.2 Å². The third kappa shape index (κ3) is 1.67. The molecule has 1 N–H and O–H groups in total. The summed E-state index contributed by atoms with van der Waals surface area (Å²) in [6, 6.07) is 4.09. The van der Waals surface area contributed by atoms with Crippen LogP contribution in [0.4, 0.5) is 5.69 Å². The van der Waals surface area contributed by atoms with Crippen LogP contribution in [0.5, 0.6) is 0 Å². The van der Waals surface area contributed by atoms with Gasteiger partial charge < -0.3 is 19.4 Å². The molecule has 2 aliphatic heterocycles. The molecule has 18 heavy (non-hydrogen) atoms. The fourth-order valence-corrected chi connectivity index (χ4v) is 2.79. The van der Waals surface area contributed by atoms with E-state index in [0.29, 0.717) is 5.71 Å². The van der Waals surface area contributed by atoms with Crippen LogP contribution in [0.25, 0.3) is 11.1 Å². The maximum atomic E-state index is 5.90. The van der Waals surface area contributed by atoms with Crippen molar-refractivity contribution in [3.05, 3.63) is 24.6 Å². The van der Waals surface area contributed by atoms with Gasteiger partial charge in [-0.2, -0.15) is 0 Å². The van der Waals surface area contributed by atoms with Crippen LogP contribution in [-0.2, 0) is 4.74 Å². The van der Waals surface area contributed by atoms with E-state index in [1.165, 1.54) is 0 Å². The molecule has 2 aromatic heterocycles. The Hall–Kier alpha value is -1.59. The molecule has 0 aliphatic carbocycles. The number of rotatable bonds is 1. The third-order valence-corrected chi connectivity index (χ3v) is 3.63. The number of ether oxygens (including phenoxy) is 1. The molecular formula is C13H15N3O2. The van der Waals surface area contributed by atoms with Crippen LogP contribution in [0.2, 0.25) is 0 Å². The molecular weight excluding hydrogens is 230 g/mol. The van der Waals surface area contributed by atoms with Gasteiger partial charge in [-0.3, -0.25) is 0 Å². The Balaban J connectivity index is 1.65. The Morgan fingerprint density at radius 1 is 1.28 bits per heavy atom. The molecule has 2 unspecified atom stereocenters. The Morgan fingerprint density at radius 2 is 2.11 bits per heavy atom. The lowest BCUT2D eigenvalue weighted by Crippen LogP contribution is -2.58. The van der Waals surface area contributed by atoms with Crippen molar-refractivity contribution in [2.75, 3.05) is 31.1 Å². The van der Waals surface area contributed by atoms with E-state index in [4.69, 9.17) is 9.15 Å². The average molecular weight is 245 g/mol. The first-order valence-electron chi connectivity index (χ1n) is 6.33. The molecule has 0 spiro atoms. The minimum absolute atomic E-state index is 0.289. The molecule has 4 rings (SSSR count). The maximum Gasteiger partial charge on any atom is 0.225 e. The predicted octanol–water partition coefficient (Wildman–Crippen LogP) is 1.00. The number of nitrogens with zero attached hydrogens (tertiary/aromatic N) is 2. The summed E-state index contributed by atoms with van der Waals surface area (Å²) in [4.78, 5) is 6.71. The summed E-state index contributed by atoms with van der Waals surface area (Å²) < 4.78 is 11.2. The third-order valence-electron chi connectivity index (χ3n) is 3.63. The molecule has 2 aromatic rings. The highest BCUT2D eigenvalue weighted by molar-refractivity contribution is 5.77. The van der Waals surface area contributed by atoms with Crippen molar-refractivity contribution in [3.63, 3.8) is 0 Å². The molecule has 0 aromatic carbocycles. The molecule has 2 bridgehead atoms. The zero-order valence-corrected chi connectivity index (χ0v) is 10.0. The molecule has 0 radical (unpaired) electrons. The molecule has 2 saturated heterocycles. The number of hydrogen-bond donors (Lipinski definition) is 1. The van der Waals surface area contributed by atoms with E-state index in [2.05, 4.69) is 21.3 Å². The highest BCUT2D eigenvalue weighted by Crippen LogP contribution is 2.24. The van der Waals surface area contributed by atoms with E-state index in [0.717, 1.165) is 37.3 Å². The van der Waals surface area contributed by atoms with Crippen molar-refractivity contribution in [2.24, 2.45) is 0 Å². The fourth-order valence-electron chi connectivity index (χ4n) is 2.79. The summed E-state index contributed by atoms with van der Waals surface area (Å²) in [5.41, 5.74) is 1.86. The first-order valence-corrected chi connectivity index (χ1v) is 6.33. The molecule has 94 valence electrons. The maximum absolute atomic E-state index is 5.90. The van der Waals surface area contributed by atoms with Crippen LogP contribution in [-0.4, -0.2) is 43.4 Å². The second-order valence-electron chi connectivity index (χ2n) is 4.95. The van der Waals surface area contributed by atoms with Gasteiger partial charge in [0.15, 0.2) is 0 Å². The number of furan rings is 1. The lowest BCUT2D eigenvalue weighted by Gasteiger charge is -2.42. The van der Waals surface area contributed by atoms with Crippen molar-refractivity contribution in [1.82, 2.24) is 10.3 Å². The lowest BCUT2D eigenvalue weighted by atomic mass is 10.1. The van der Waals surface area contributed by atoms with Gasteiger partial charge in [0.05, 0.1) is 30.4 Å². The highest BCUT2D eigenvalue weighted by atomic mass is 16.5. The van der Waals surface area contributed by atoms with Crippen LogP contribution in [0.3, 0.4) is 0 Å². The van der Waals surface area contributed by atoms with Crippen LogP contribution in [0.1, 0.15) is 0 Å². The monoisotopic (exact) mass is 245 g/mol. The van der Waals surface area contributed by atoms with E-state index in [9.17, 15) is 0 Å². The zero-order valence-electron chi connectivity index (χ0n) is 10.0. The number of nitrogens with one attached hydrogen (secondary N) is 1. The summed E-state index contributed by atoms with van der Waals surface area (Å²) in [6.07, 6.45) is 4.15. The minimum Gasteiger partial charge on any atom is -0.446 e.